The van der Waals surface area contributed by atoms with Gasteiger partial charge in [0, 0.05) is 10.7 Å². The van der Waals surface area contributed by atoms with Crippen LogP contribution in [0.5, 0.6) is 0 Å². The predicted octanol–water partition coefficient (Wildman–Crippen LogP) is 7.58. The second-order valence-electron chi connectivity index (χ2n) is 8.15. The molecule has 37 heavy (non-hydrogen) atoms. The van der Waals surface area contributed by atoms with Crippen molar-refractivity contribution in [3.63, 3.8) is 0 Å². The number of ketones is 1. The van der Waals surface area contributed by atoms with E-state index in [2.05, 4.69) is 0 Å². The maximum atomic E-state index is 14.0. The average Bonchev–Trinajstić information content (AvgIpc) is 3.65. The van der Waals surface area contributed by atoms with E-state index < -0.39 is 4.33 Å². The Kier molecular flexibility index (Phi) is 6.42. The highest BCUT2D eigenvalue weighted by Crippen LogP contribution is 2.59. The lowest BCUT2D eigenvalue weighted by atomic mass is 10.2. The van der Waals surface area contributed by atoms with Crippen LogP contribution in [0.15, 0.2) is 112 Å². The number of hydrazone groups is 1. The van der Waals surface area contributed by atoms with E-state index in [0.29, 0.717) is 31.2 Å². The van der Waals surface area contributed by atoms with Crippen molar-refractivity contribution in [1.82, 2.24) is 0 Å². The van der Waals surface area contributed by atoms with Crippen molar-refractivity contribution in [2.24, 2.45) is 5.10 Å². The van der Waals surface area contributed by atoms with Crippen molar-refractivity contribution in [2.45, 2.75) is 4.33 Å². The zero-order chi connectivity index (χ0) is 25.4. The maximum absolute atomic E-state index is 14.0. The Balaban J connectivity index is 1.52. The molecular formula is C28H18ClN3O2S3. The standard InChI is InChI=1S/C28H18ClN3O2S3/c29-20-13-15-22(16-14-20)32-28(37-26(30-32)25(33)23-12-7-17-35-23)31(21-10-5-2-6-11-21)27(34)24(36-28)18-19-8-3-1-4-9-19/h1-18H/b24-18-/t28-/m1/s1. The Bertz CT molecular complexity index is 1520. The SMILES string of the molecule is O=C(C1=NN(c2ccc(Cl)cc2)[C@@]2(S1)S/C(=C\c1ccccc1)C(=O)N2c1ccccc1)c1cccs1. The van der Waals surface area contributed by atoms with Gasteiger partial charge in [0.1, 0.15) is 0 Å². The van der Waals surface area contributed by atoms with Crippen LogP contribution in [-0.4, -0.2) is 21.1 Å². The summed E-state index contributed by atoms with van der Waals surface area (Å²) in [4.78, 5) is 30.4. The van der Waals surface area contributed by atoms with Crippen LogP contribution in [0.3, 0.4) is 0 Å². The van der Waals surface area contributed by atoms with Crippen molar-refractivity contribution in [3.8, 4) is 0 Å². The molecule has 1 fully saturated rings. The first-order valence-electron chi connectivity index (χ1n) is 11.3. The first kappa shape index (κ1) is 24.1. The molecule has 1 aromatic heterocycles. The van der Waals surface area contributed by atoms with Crippen molar-refractivity contribution >= 4 is 80.6 Å². The molecule has 0 aliphatic carbocycles. The lowest BCUT2D eigenvalue weighted by Crippen LogP contribution is -2.51. The van der Waals surface area contributed by atoms with Crippen LogP contribution in [0, 0.1) is 0 Å². The summed E-state index contributed by atoms with van der Waals surface area (Å²) < 4.78 is -1.09. The number of nitrogens with zero attached hydrogens (tertiary/aromatic N) is 3. The summed E-state index contributed by atoms with van der Waals surface area (Å²) in [5.74, 6) is -0.330. The van der Waals surface area contributed by atoms with Gasteiger partial charge >= 0.3 is 0 Å². The summed E-state index contributed by atoms with van der Waals surface area (Å²) in [5.41, 5.74) is 2.34. The van der Waals surface area contributed by atoms with E-state index in [-0.39, 0.29) is 11.7 Å². The molecule has 6 rings (SSSR count). The van der Waals surface area contributed by atoms with E-state index in [4.69, 9.17) is 16.7 Å². The smallest absolute Gasteiger partial charge is 0.268 e. The van der Waals surface area contributed by atoms with Gasteiger partial charge in [0.2, 0.25) is 10.1 Å². The maximum Gasteiger partial charge on any atom is 0.268 e. The van der Waals surface area contributed by atoms with Crippen molar-refractivity contribution in [3.05, 3.63) is 123 Å². The first-order chi connectivity index (χ1) is 18.0. The van der Waals surface area contributed by atoms with E-state index in [0.717, 1.165) is 5.56 Å². The third kappa shape index (κ3) is 4.40. The molecule has 2 aliphatic rings. The fraction of sp³-hybridized carbons (Fsp3) is 0.0357. The monoisotopic (exact) mass is 559 g/mol. The summed E-state index contributed by atoms with van der Waals surface area (Å²) in [6.45, 7) is 0. The lowest BCUT2D eigenvalue weighted by molar-refractivity contribution is -0.114. The van der Waals surface area contributed by atoms with E-state index in [9.17, 15) is 9.59 Å². The fourth-order valence-electron chi connectivity index (χ4n) is 4.08. The number of hydrogen-bond donors (Lipinski definition) is 0. The van der Waals surface area contributed by atoms with Crippen LogP contribution in [0.2, 0.25) is 5.02 Å². The molecule has 1 amide bonds. The summed E-state index contributed by atoms with van der Waals surface area (Å²) in [6.07, 6.45) is 1.89. The molecule has 0 unspecified atom stereocenters. The van der Waals surface area contributed by atoms with E-state index >= 15 is 0 Å². The van der Waals surface area contributed by atoms with Gasteiger partial charge in [-0.05, 0) is 71.2 Å². The molecule has 5 nitrogen and oxygen atoms in total. The molecule has 4 aromatic rings. The number of halogens is 1. The molecule has 2 aliphatic heterocycles. The Morgan fingerprint density at radius 1 is 0.838 bits per heavy atom. The number of Topliss-reactive ketones (excluding diaryl/α,β-unsaturated/α-hetero) is 1. The Morgan fingerprint density at radius 3 is 2.22 bits per heavy atom. The molecular weight excluding hydrogens is 542 g/mol. The minimum atomic E-state index is -1.09. The van der Waals surface area contributed by atoms with Crippen LogP contribution in [0.4, 0.5) is 11.4 Å². The van der Waals surface area contributed by atoms with Gasteiger partial charge in [-0.1, -0.05) is 78.0 Å². The number of anilines is 2. The number of thioether (sulfide) groups is 2. The molecule has 182 valence electrons. The number of amides is 1. The fourth-order valence-corrected chi connectivity index (χ4v) is 7.87. The quantitative estimate of drug-likeness (QED) is 0.186. The van der Waals surface area contributed by atoms with Gasteiger partial charge < -0.3 is 0 Å². The number of benzene rings is 3. The molecule has 9 heteroatoms. The number of rotatable bonds is 5. The number of carbonyl (C=O) groups excluding carboxylic acids is 2. The van der Waals surface area contributed by atoms with Crippen LogP contribution in [0.1, 0.15) is 15.2 Å². The highest BCUT2D eigenvalue weighted by Gasteiger charge is 2.60. The van der Waals surface area contributed by atoms with E-state index in [1.807, 2.05) is 90.3 Å². The van der Waals surface area contributed by atoms with Gasteiger partial charge in [0.15, 0.2) is 5.04 Å². The molecule has 0 saturated carbocycles. The summed E-state index contributed by atoms with van der Waals surface area (Å²) >= 11 is 10.2. The molecule has 0 N–H and O–H groups in total. The van der Waals surface area contributed by atoms with Gasteiger partial charge in [0.25, 0.3) is 5.91 Å². The molecule has 1 atom stereocenters. The highest BCUT2D eigenvalue weighted by molar-refractivity contribution is 8.29. The number of thiophene rings is 1. The zero-order valence-electron chi connectivity index (χ0n) is 19.2. The van der Waals surface area contributed by atoms with Crippen LogP contribution in [0.25, 0.3) is 6.08 Å². The van der Waals surface area contributed by atoms with Crippen LogP contribution in [-0.2, 0) is 4.79 Å². The van der Waals surface area contributed by atoms with Gasteiger partial charge in [-0.25, -0.2) is 5.01 Å². The Hall–Kier alpha value is -3.30. The van der Waals surface area contributed by atoms with Crippen molar-refractivity contribution in [1.29, 1.82) is 0 Å². The first-order valence-corrected chi connectivity index (χ1v) is 14.2. The van der Waals surface area contributed by atoms with Gasteiger partial charge in [0.05, 0.1) is 15.5 Å². The molecule has 1 spiro atoms. The third-order valence-corrected chi connectivity index (χ3v) is 9.59. The molecule has 0 bridgehead atoms. The molecule has 0 radical (unpaired) electrons. The second-order valence-corrected chi connectivity index (χ2v) is 12.2. The van der Waals surface area contributed by atoms with Gasteiger partial charge in [-0.15, -0.1) is 11.3 Å². The molecule has 3 heterocycles. The molecule has 3 aromatic carbocycles. The second kappa shape index (κ2) is 9.87. The van der Waals surface area contributed by atoms with E-state index in [1.165, 1.54) is 34.9 Å². The summed E-state index contributed by atoms with van der Waals surface area (Å²) in [7, 11) is 0. The molecule has 1 saturated heterocycles. The van der Waals surface area contributed by atoms with Crippen molar-refractivity contribution < 1.29 is 9.59 Å². The topological polar surface area (TPSA) is 53.0 Å². The summed E-state index contributed by atoms with van der Waals surface area (Å²) in [5, 5.41) is 9.35. The average molecular weight is 560 g/mol. The van der Waals surface area contributed by atoms with Crippen LogP contribution >= 0.6 is 46.5 Å². The predicted molar refractivity (Wildman–Crippen MR) is 156 cm³/mol. The largest absolute Gasteiger partial charge is 0.285 e. The lowest BCUT2D eigenvalue weighted by Gasteiger charge is -2.38. The number of hydrogen-bond acceptors (Lipinski definition) is 7. The Morgan fingerprint density at radius 2 is 1.54 bits per heavy atom. The number of carbonyl (C=O) groups is 2. The Labute approximate surface area is 231 Å². The van der Waals surface area contributed by atoms with Crippen molar-refractivity contribution in [2.75, 3.05) is 9.91 Å². The number of para-hydroxylation sites is 1. The van der Waals surface area contributed by atoms with Crippen LogP contribution < -0.4 is 9.91 Å². The minimum absolute atomic E-state index is 0.161. The van der Waals surface area contributed by atoms with Gasteiger partial charge in [-0.2, -0.15) is 5.10 Å². The third-order valence-electron chi connectivity index (χ3n) is 5.75. The highest BCUT2D eigenvalue weighted by atomic mass is 35.5. The van der Waals surface area contributed by atoms with Gasteiger partial charge in [-0.3, -0.25) is 14.5 Å². The zero-order valence-corrected chi connectivity index (χ0v) is 22.4. The minimum Gasteiger partial charge on any atom is -0.285 e. The normalized spacial score (nSPS) is 20.2. The van der Waals surface area contributed by atoms with E-state index in [1.54, 1.807) is 28.1 Å². The summed E-state index contributed by atoms with van der Waals surface area (Å²) in [6, 6.07) is 30.1.